The Bertz CT molecular complexity index is 3190. The summed E-state index contributed by atoms with van der Waals surface area (Å²) in [5.74, 6) is -3.66. The molecule has 6 aromatic carbocycles. The smallest absolute Gasteiger partial charge is 0.296 e. The van der Waals surface area contributed by atoms with Gasteiger partial charge in [0.1, 0.15) is 55.5 Å². The Balaban J connectivity index is 1.43. The van der Waals surface area contributed by atoms with E-state index in [4.69, 9.17) is 9.47 Å². The number of phenolic OH excluding ortho intramolecular Hbond substituents is 4. The van der Waals surface area contributed by atoms with Crippen molar-refractivity contribution in [1.29, 1.82) is 0 Å². The van der Waals surface area contributed by atoms with E-state index in [0.29, 0.717) is 48.2 Å². The molecule has 0 saturated heterocycles. The second-order valence-electron chi connectivity index (χ2n) is 13.6. The molecule has 338 valence electrons. The zero-order valence-corrected chi connectivity index (χ0v) is 36.1. The fourth-order valence-corrected chi connectivity index (χ4v) is 8.57. The minimum atomic E-state index is -5.19. The molecule has 0 spiro atoms. The number of azo groups is 2. The number of benzene rings is 6. The number of ether oxygens (including phenoxy) is 2. The van der Waals surface area contributed by atoms with Crippen molar-refractivity contribution in [2.45, 2.75) is 46.3 Å². The van der Waals surface area contributed by atoms with Crippen LogP contribution in [-0.2, 0) is 40.5 Å². The van der Waals surface area contributed by atoms with Crippen molar-refractivity contribution in [3.05, 3.63) is 72.8 Å². The monoisotopic (exact) mass is 962 g/mol. The molecule has 6 aromatic rings. The summed E-state index contributed by atoms with van der Waals surface area (Å²) >= 11 is 0. The van der Waals surface area contributed by atoms with E-state index < -0.39 is 116 Å². The zero-order valence-electron chi connectivity index (χ0n) is 32.8. The molecule has 0 aromatic heterocycles. The van der Waals surface area contributed by atoms with Crippen molar-refractivity contribution in [3.63, 3.8) is 0 Å². The summed E-state index contributed by atoms with van der Waals surface area (Å²) in [6.07, 6.45) is 1.02. The van der Waals surface area contributed by atoms with Gasteiger partial charge in [0, 0.05) is 12.1 Å². The molecule has 64 heavy (non-hydrogen) atoms. The van der Waals surface area contributed by atoms with Gasteiger partial charge in [-0.1, -0.05) is 26.0 Å². The lowest BCUT2D eigenvalue weighted by atomic mass is 10.0. The van der Waals surface area contributed by atoms with Gasteiger partial charge in [0.05, 0.1) is 33.8 Å². The van der Waals surface area contributed by atoms with Crippen LogP contribution < -0.4 is 9.47 Å². The summed E-state index contributed by atoms with van der Waals surface area (Å²) in [6, 6.07) is 13.0. The molecule has 0 unspecified atom stereocenters. The Labute approximate surface area is 363 Å². The summed E-state index contributed by atoms with van der Waals surface area (Å²) in [6.45, 7) is 3.90. The number of aromatic hydroxyl groups is 4. The first-order valence-corrected chi connectivity index (χ1v) is 23.9. The molecule has 8 N–H and O–H groups in total. The van der Waals surface area contributed by atoms with Gasteiger partial charge in [-0.2, -0.15) is 33.7 Å². The van der Waals surface area contributed by atoms with Crippen LogP contribution in [0.3, 0.4) is 0 Å². The highest BCUT2D eigenvalue weighted by atomic mass is 32.2. The Morgan fingerprint density at radius 2 is 0.828 bits per heavy atom. The van der Waals surface area contributed by atoms with Gasteiger partial charge >= 0.3 is 0 Å². The van der Waals surface area contributed by atoms with Crippen LogP contribution in [0.4, 0.5) is 22.7 Å². The second kappa shape index (κ2) is 17.6. The zero-order chi connectivity index (χ0) is 47.1. The predicted octanol–water partition coefficient (Wildman–Crippen LogP) is 7.88. The van der Waals surface area contributed by atoms with Crippen molar-refractivity contribution in [2.75, 3.05) is 13.2 Å². The summed E-state index contributed by atoms with van der Waals surface area (Å²) < 4.78 is 147. The van der Waals surface area contributed by atoms with Gasteiger partial charge in [0.2, 0.25) is 0 Å². The fraction of sp³-hybridized carbons (Fsp3) is 0.158. The molecule has 0 fully saturated rings. The number of hydrogen-bond acceptors (Lipinski definition) is 18. The van der Waals surface area contributed by atoms with Crippen LogP contribution in [0.15, 0.2) is 113 Å². The Kier molecular flexibility index (Phi) is 12.9. The van der Waals surface area contributed by atoms with E-state index in [0.717, 1.165) is 12.1 Å². The van der Waals surface area contributed by atoms with Gasteiger partial charge in [-0.15, -0.1) is 20.5 Å². The molecular formula is C38H34N4O18S4. The number of phenols is 4. The lowest BCUT2D eigenvalue weighted by Gasteiger charge is -2.13. The summed E-state index contributed by atoms with van der Waals surface area (Å²) in [5, 5.41) is 57.2. The Morgan fingerprint density at radius 1 is 0.469 bits per heavy atom. The fourth-order valence-electron chi connectivity index (χ4n) is 6.18. The van der Waals surface area contributed by atoms with E-state index >= 15 is 0 Å². The highest BCUT2D eigenvalue weighted by Gasteiger charge is 2.27. The Morgan fingerprint density at radius 3 is 1.14 bits per heavy atom. The third kappa shape index (κ3) is 9.82. The molecule has 0 amide bonds. The van der Waals surface area contributed by atoms with Gasteiger partial charge < -0.3 is 29.9 Å². The van der Waals surface area contributed by atoms with Gasteiger partial charge in [0.25, 0.3) is 40.5 Å². The second-order valence-corrected chi connectivity index (χ2v) is 19.2. The van der Waals surface area contributed by atoms with Crippen molar-refractivity contribution in [2.24, 2.45) is 20.5 Å². The molecule has 0 atom stereocenters. The lowest BCUT2D eigenvalue weighted by molar-refractivity contribution is 0.318. The average Bonchev–Trinajstić information content (AvgIpc) is 3.19. The molecule has 6 rings (SSSR count). The number of nitrogens with zero attached hydrogens (tertiary/aromatic N) is 4. The van der Waals surface area contributed by atoms with E-state index in [9.17, 15) is 72.3 Å². The summed E-state index contributed by atoms with van der Waals surface area (Å²) in [7, 11) is -20.2. The molecule has 0 aliphatic rings. The third-order valence-electron chi connectivity index (χ3n) is 9.05. The average molecular weight is 963 g/mol. The third-order valence-corrected chi connectivity index (χ3v) is 12.4. The molecule has 0 bridgehead atoms. The first-order valence-electron chi connectivity index (χ1n) is 18.2. The van der Waals surface area contributed by atoms with Crippen molar-refractivity contribution < 1.29 is 81.8 Å². The van der Waals surface area contributed by atoms with Gasteiger partial charge in [-0.25, -0.2) is 0 Å². The molecule has 0 aliphatic carbocycles. The number of fused-ring (bicyclic) bond motifs is 2. The first kappa shape index (κ1) is 47.0. The number of hydrogen-bond donors (Lipinski definition) is 8. The van der Waals surface area contributed by atoms with E-state index in [1.807, 2.05) is 0 Å². The van der Waals surface area contributed by atoms with E-state index in [-0.39, 0.29) is 36.1 Å². The molecule has 0 radical (unpaired) electrons. The molecule has 26 heteroatoms. The SMILES string of the molecule is CCCOc1cc(-c2ccc(N=Nc3c(S(=O)(=O)O)cc4cc(S(=O)(=O)O)cc(O)c4c3O)c(OCCC)c2)ccc1N=Nc1c(S(=O)(=O)O)cc2cc(S(=O)(=O)O)cc(O)c2c1O. The highest BCUT2D eigenvalue weighted by Crippen LogP contribution is 2.48. The highest BCUT2D eigenvalue weighted by molar-refractivity contribution is 7.86. The molecule has 22 nitrogen and oxygen atoms in total. The van der Waals surface area contributed by atoms with Crippen LogP contribution in [-0.4, -0.2) is 85.5 Å². The van der Waals surface area contributed by atoms with Crippen LogP contribution in [0.1, 0.15) is 26.7 Å². The normalized spacial score (nSPS) is 12.8. The largest absolute Gasteiger partial charge is 0.507 e. The van der Waals surface area contributed by atoms with Crippen LogP contribution in [0.25, 0.3) is 32.7 Å². The maximum Gasteiger partial charge on any atom is 0.296 e. The van der Waals surface area contributed by atoms with E-state index in [1.165, 1.54) is 36.4 Å². The molecule has 0 aliphatic heterocycles. The summed E-state index contributed by atoms with van der Waals surface area (Å²) in [4.78, 5) is -3.74. The van der Waals surface area contributed by atoms with Crippen molar-refractivity contribution >= 4 is 84.8 Å². The topological polar surface area (TPSA) is 366 Å². The van der Waals surface area contributed by atoms with Crippen LogP contribution in [0.2, 0.25) is 0 Å². The quantitative estimate of drug-likeness (QED) is 0.0358. The first-order chi connectivity index (χ1) is 29.8. The molecular weight excluding hydrogens is 929 g/mol. The van der Waals surface area contributed by atoms with Crippen LogP contribution >= 0.6 is 0 Å². The van der Waals surface area contributed by atoms with Crippen molar-refractivity contribution in [3.8, 4) is 45.6 Å². The van der Waals surface area contributed by atoms with Crippen LogP contribution in [0, 0.1) is 0 Å². The predicted molar refractivity (Wildman–Crippen MR) is 226 cm³/mol. The minimum Gasteiger partial charge on any atom is -0.507 e. The molecule has 0 saturated carbocycles. The maximum atomic E-state index is 12.4. The standard InChI is InChI=1S/C38H34N4O18S4/c1-3-9-59-29-13-19(5-7-25(29)39-41-35-31(63(53,54)55)15-21-11-23(61(47,48)49)17-27(43)33(21)37(35)45)20-6-8-26(30(14-20)60-10-4-2)40-42-36-32(64(56,57)58)16-22-12-24(62(50,51)52)18-28(44)34(22)38(36)46/h5-8,11-18,43-46H,3-4,9-10H2,1-2H3,(H,47,48,49)(H,50,51,52)(H,53,54,55)(H,56,57,58). The van der Waals surface area contributed by atoms with Crippen molar-refractivity contribution in [1.82, 2.24) is 0 Å². The van der Waals surface area contributed by atoms with Crippen LogP contribution in [0.5, 0.6) is 34.5 Å². The van der Waals surface area contributed by atoms with E-state index in [2.05, 4.69) is 20.5 Å². The number of rotatable bonds is 15. The minimum absolute atomic E-state index is 0.0260. The van der Waals surface area contributed by atoms with Gasteiger partial charge in [0.15, 0.2) is 11.5 Å². The van der Waals surface area contributed by atoms with Gasteiger partial charge in [-0.3, -0.25) is 18.2 Å². The van der Waals surface area contributed by atoms with Gasteiger partial charge in [-0.05, 0) is 83.3 Å². The lowest BCUT2D eigenvalue weighted by Crippen LogP contribution is -2.01. The molecule has 0 heterocycles. The Hall–Kier alpha value is -6.52. The van der Waals surface area contributed by atoms with E-state index in [1.54, 1.807) is 13.8 Å². The maximum absolute atomic E-state index is 12.4. The summed E-state index contributed by atoms with van der Waals surface area (Å²) in [5.41, 5.74) is -0.823.